The molecule has 0 amide bonds. The zero-order chi connectivity index (χ0) is 37.5. The number of nitro groups is 2. The fourth-order valence-corrected chi connectivity index (χ4v) is 5.59. The summed E-state index contributed by atoms with van der Waals surface area (Å²) >= 11 is 6.24. The Morgan fingerprint density at radius 2 is 1.15 bits per heavy atom. The number of non-ortho nitro benzene ring substituents is 2. The number of benzene rings is 2. The number of methoxy groups -OCH3 is 2. The summed E-state index contributed by atoms with van der Waals surface area (Å²) in [6.45, 7) is 0. The van der Waals surface area contributed by atoms with Gasteiger partial charge in [-0.3, -0.25) is 38.6 Å². The molecule has 0 radical (unpaired) electrons. The highest BCUT2D eigenvalue weighted by Gasteiger charge is 2.21. The summed E-state index contributed by atoms with van der Waals surface area (Å²) in [4.78, 5) is 63.6. The minimum Gasteiger partial charge on any atom is -0.469 e. The summed E-state index contributed by atoms with van der Waals surface area (Å²) in [5.41, 5.74) is 4.13. The molecule has 0 aliphatic heterocycles. The van der Waals surface area contributed by atoms with Gasteiger partial charge in [-0.05, 0) is 11.1 Å². The Labute approximate surface area is 300 Å². The van der Waals surface area contributed by atoms with Crippen LogP contribution in [0.3, 0.4) is 0 Å². The van der Waals surface area contributed by atoms with Crippen molar-refractivity contribution in [2.75, 3.05) is 33.2 Å². The number of anilines is 1. The van der Waals surface area contributed by atoms with E-state index in [0.29, 0.717) is 52.7 Å². The smallest absolute Gasteiger partial charge is 0.310 e. The molecule has 17 nitrogen and oxygen atoms in total. The van der Waals surface area contributed by atoms with E-state index in [9.17, 15) is 29.8 Å². The SMILES string of the molecule is COC(=O)Cc1c(Cl)nc(Cc2ccc([N+](=O)[O-])cc2)n2ccnc12.COC(=O)Cc1c(N(C)C)nc(Cc2ccc([N+](=O)[O-])cc2)n2ccnc12. The first-order valence-corrected chi connectivity index (χ1v) is 15.9. The minimum atomic E-state index is -0.450. The lowest BCUT2D eigenvalue weighted by Gasteiger charge is -2.19. The van der Waals surface area contributed by atoms with Crippen LogP contribution in [0.15, 0.2) is 73.3 Å². The van der Waals surface area contributed by atoms with E-state index in [1.54, 1.807) is 53.5 Å². The summed E-state index contributed by atoms with van der Waals surface area (Å²) in [5.74, 6) is 1.16. The first-order chi connectivity index (χ1) is 24.9. The molecule has 4 heterocycles. The Morgan fingerprint density at radius 3 is 1.58 bits per heavy atom. The maximum absolute atomic E-state index is 11.8. The maximum Gasteiger partial charge on any atom is 0.310 e. The Bertz CT molecular complexity index is 2270. The van der Waals surface area contributed by atoms with Gasteiger partial charge < -0.3 is 14.4 Å². The van der Waals surface area contributed by atoms with Crippen LogP contribution in [0.2, 0.25) is 5.15 Å². The number of hydrogen-bond donors (Lipinski definition) is 0. The van der Waals surface area contributed by atoms with Gasteiger partial charge in [0.05, 0.1) is 36.9 Å². The molecule has 0 aliphatic carbocycles. The van der Waals surface area contributed by atoms with Gasteiger partial charge >= 0.3 is 11.9 Å². The molecule has 0 bridgehead atoms. The van der Waals surface area contributed by atoms with Crippen LogP contribution >= 0.6 is 11.6 Å². The second kappa shape index (κ2) is 16.0. The van der Waals surface area contributed by atoms with Crippen LogP contribution in [0.1, 0.15) is 33.9 Å². The number of carbonyl (C=O) groups is 2. The van der Waals surface area contributed by atoms with E-state index in [0.717, 1.165) is 11.1 Å². The van der Waals surface area contributed by atoms with Gasteiger partial charge in [0, 0.05) is 87.1 Å². The maximum atomic E-state index is 11.8. The molecule has 0 saturated heterocycles. The molecule has 0 spiro atoms. The normalized spacial score (nSPS) is 10.8. The molecule has 52 heavy (non-hydrogen) atoms. The second-order valence-corrected chi connectivity index (χ2v) is 11.8. The van der Waals surface area contributed by atoms with E-state index in [2.05, 4.69) is 19.7 Å². The molecule has 268 valence electrons. The fourth-order valence-electron chi connectivity index (χ4n) is 5.34. The number of halogens is 1. The molecule has 0 fully saturated rings. The number of fused-ring (bicyclic) bond motifs is 2. The highest BCUT2D eigenvalue weighted by molar-refractivity contribution is 6.30. The number of carbonyl (C=O) groups excluding carboxylic acids is 2. The quantitative estimate of drug-likeness (QED) is 0.0775. The van der Waals surface area contributed by atoms with E-state index in [1.165, 1.54) is 38.5 Å². The van der Waals surface area contributed by atoms with Gasteiger partial charge in [-0.25, -0.2) is 19.9 Å². The standard InChI is InChI=1S/C18H19N5O4.C16H13ClN4O4/c1-21(2)18-14(11-16(24)27-3)17-19-8-9-22(17)15(20-18)10-12-4-6-13(7-5-12)23(25)26;1-25-14(22)9-12-15(17)19-13(20-7-6-18-16(12)20)8-10-2-4-11(5-3-10)21(23)24/h4-9H,10-11H2,1-3H3;2-7H,8-9H2,1H3. The monoisotopic (exact) mass is 729 g/mol. The third-order valence-corrected chi connectivity index (χ3v) is 8.21. The number of aromatic nitrogens is 6. The zero-order valence-electron chi connectivity index (χ0n) is 28.4. The first-order valence-electron chi connectivity index (χ1n) is 15.5. The van der Waals surface area contributed by atoms with Crippen molar-refractivity contribution < 1.29 is 28.9 Å². The summed E-state index contributed by atoms with van der Waals surface area (Å²) in [5, 5.41) is 21.7. The van der Waals surface area contributed by atoms with E-state index in [4.69, 9.17) is 21.3 Å². The number of ether oxygens (including phenoxy) is 2. The van der Waals surface area contributed by atoms with Crippen LogP contribution < -0.4 is 4.90 Å². The van der Waals surface area contributed by atoms with Gasteiger partial charge in [0.1, 0.15) is 33.9 Å². The van der Waals surface area contributed by atoms with E-state index >= 15 is 0 Å². The van der Waals surface area contributed by atoms with Crippen molar-refractivity contribution in [1.29, 1.82) is 0 Å². The lowest BCUT2D eigenvalue weighted by Crippen LogP contribution is -2.19. The van der Waals surface area contributed by atoms with Gasteiger partial charge in [-0.2, -0.15) is 0 Å². The summed E-state index contributed by atoms with van der Waals surface area (Å²) in [6.07, 6.45) is 7.65. The summed E-state index contributed by atoms with van der Waals surface area (Å²) in [6, 6.07) is 12.6. The van der Waals surface area contributed by atoms with Gasteiger partial charge in [0.25, 0.3) is 11.4 Å². The van der Waals surface area contributed by atoms with Crippen LogP contribution in [0.4, 0.5) is 17.2 Å². The van der Waals surface area contributed by atoms with Crippen molar-refractivity contribution in [3.63, 3.8) is 0 Å². The van der Waals surface area contributed by atoms with Gasteiger partial charge in [0.2, 0.25) is 0 Å². The Hall–Kier alpha value is -6.49. The van der Waals surface area contributed by atoms with Crippen LogP contribution in [-0.4, -0.2) is 78.8 Å². The van der Waals surface area contributed by atoms with Gasteiger partial charge in [0.15, 0.2) is 0 Å². The molecule has 18 heteroatoms. The molecule has 0 N–H and O–H groups in total. The molecule has 0 saturated carbocycles. The summed E-state index contributed by atoms with van der Waals surface area (Å²) in [7, 11) is 6.34. The lowest BCUT2D eigenvalue weighted by molar-refractivity contribution is -0.385. The Morgan fingerprint density at radius 1 is 0.731 bits per heavy atom. The first kappa shape index (κ1) is 36.8. The molecule has 2 aromatic carbocycles. The van der Waals surface area contributed by atoms with E-state index < -0.39 is 15.8 Å². The third kappa shape index (κ3) is 8.27. The van der Waals surface area contributed by atoms with Crippen molar-refractivity contribution in [2.45, 2.75) is 25.7 Å². The predicted molar refractivity (Wildman–Crippen MR) is 189 cm³/mol. The molecule has 0 unspecified atom stereocenters. The van der Waals surface area contributed by atoms with Gasteiger partial charge in [-0.15, -0.1) is 0 Å². The average Bonchev–Trinajstić information content (AvgIpc) is 3.83. The molecule has 4 aromatic heterocycles. The largest absolute Gasteiger partial charge is 0.469 e. The van der Waals surface area contributed by atoms with Crippen LogP contribution in [-0.2, 0) is 44.7 Å². The molecule has 6 rings (SSSR count). The number of imidazole rings is 2. The van der Waals surface area contributed by atoms with Crippen LogP contribution in [0, 0.1) is 20.2 Å². The van der Waals surface area contributed by atoms with Crippen molar-refractivity contribution in [1.82, 2.24) is 28.7 Å². The number of nitro benzene ring substituents is 2. The Kier molecular flexibility index (Phi) is 11.3. The van der Waals surface area contributed by atoms with Crippen LogP contribution in [0.5, 0.6) is 0 Å². The highest BCUT2D eigenvalue weighted by Crippen LogP contribution is 2.25. The number of nitrogens with zero attached hydrogens (tertiary/aromatic N) is 9. The lowest BCUT2D eigenvalue weighted by atomic mass is 10.1. The van der Waals surface area contributed by atoms with E-state index in [1.807, 2.05) is 23.4 Å². The van der Waals surface area contributed by atoms with E-state index in [-0.39, 0.29) is 35.3 Å². The number of esters is 2. The average molecular weight is 730 g/mol. The van der Waals surface area contributed by atoms with Crippen molar-refractivity contribution in [3.05, 3.63) is 133 Å². The predicted octanol–water partition coefficient (Wildman–Crippen LogP) is 4.61. The minimum absolute atomic E-state index is 0.0240. The number of rotatable bonds is 11. The fraction of sp³-hybridized carbons (Fsp3) is 0.235. The topological polar surface area (TPSA) is 202 Å². The molecule has 6 aromatic rings. The molecule has 0 atom stereocenters. The second-order valence-electron chi connectivity index (χ2n) is 11.5. The molecular weight excluding hydrogens is 698 g/mol. The van der Waals surface area contributed by atoms with Crippen molar-refractivity contribution in [2.24, 2.45) is 0 Å². The van der Waals surface area contributed by atoms with Crippen LogP contribution in [0.25, 0.3) is 11.3 Å². The van der Waals surface area contributed by atoms with Crippen molar-refractivity contribution >= 4 is 52.0 Å². The molecular formula is C34H32ClN9O8. The van der Waals surface area contributed by atoms with Gasteiger partial charge in [-0.1, -0.05) is 35.9 Å². The van der Waals surface area contributed by atoms with Crippen molar-refractivity contribution in [3.8, 4) is 0 Å². The zero-order valence-corrected chi connectivity index (χ0v) is 29.2. The molecule has 0 aliphatic rings. The highest BCUT2D eigenvalue weighted by atomic mass is 35.5. The Balaban J connectivity index is 0.000000202. The third-order valence-electron chi connectivity index (χ3n) is 7.90. The summed E-state index contributed by atoms with van der Waals surface area (Å²) < 4.78 is 13.0. The number of hydrogen-bond acceptors (Lipinski definition) is 13.